The summed E-state index contributed by atoms with van der Waals surface area (Å²) in [5.41, 5.74) is 0.823. The first kappa shape index (κ1) is 22.7. The number of nitrogens with one attached hydrogen (secondary N) is 2. The Bertz CT molecular complexity index is 1410. The van der Waals surface area contributed by atoms with Gasteiger partial charge in [-0.15, -0.1) is 4.40 Å². The maximum Gasteiger partial charge on any atom is 0.285 e. The Kier molecular flexibility index (Phi) is 6.06. The van der Waals surface area contributed by atoms with Gasteiger partial charge >= 0.3 is 0 Å². The van der Waals surface area contributed by atoms with Crippen molar-refractivity contribution in [2.45, 2.75) is 16.3 Å². The fourth-order valence-corrected chi connectivity index (χ4v) is 5.48. The van der Waals surface area contributed by atoms with Crippen LogP contribution < -0.4 is 10.0 Å². The minimum atomic E-state index is -3.79. The summed E-state index contributed by atoms with van der Waals surface area (Å²) in [5, 5.41) is 2.66. The molecule has 0 unspecified atom stereocenters. The normalized spacial score (nSPS) is 14.4. The number of hydrogen-bond acceptors (Lipinski definition) is 7. The van der Waals surface area contributed by atoms with E-state index >= 15 is 0 Å². The number of furan rings is 1. The molecule has 0 saturated carbocycles. The molecule has 2 N–H and O–H groups in total. The van der Waals surface area contributed by atoms with Crippen molar-refractivity contribution in [3.63, 3.8) is 0 Å². The minimum Gasteiger partial charge on any atom is -0.468 e. The van der Waals surface area contributed by atoms with Crippen molar-refractivity contribution in [1.29, 1.82) is 0 Å². The SMILES string of the molecule is CN(CC(=O)Nc1ccc(S(=O)(=O)NCc2ccco2)cc1)C1=NS(=O)(=O)c2ccccc21. The van der Waals surface area contributed by atoms with Crippen molar-refractivity contribution in [3.8, 4) is 0 Å². The first-order chi connectivity index (χ1) is 15.7. The third kappa shape index (κ3) is 4.97. The van der Waals surface area contributed by atoms with Crippen LogP contribution >= 0.6 is 0 Å². The lowest BCUT2D eigenvalue weighted by atomic mass is 10.2. The molecular weight excluding hydrogens is 468 g/mol. The fraction of sp³-hybridized carbons (Fsp3) is 0.143. The molecule has 12 heteroatoms. The van der Waals surface area contributed by atoms with Crippen molar-refractivity contribution in [1.82, 2.24) is 9.62 Å². The first-order valence-electron chi connectivity index (χ1n) is 9.73. The number of amidine groups is 1. The molecule has 1 aromatic heterocycles. The van der Waals surface area contributed by atoms with Gasteiger partial charge in [-0.2, -0.15) is 8.42 Å². The van der Waals surface area contributed by atoms with E-state index in [-0.39, 0.29) is 28.7 Å². The number of nitrogens with zero attached hydrogens (tertiary/aromatic N) is 2. The van der Waals surface area contributed by atoms with E-state index in [1.54, 1.807) is 37.4 Å². The predicted octanol–water partition coefficient (Wildman–Crippen LogP) is 1.78. The lowest BCUT2D eigenvalue weighted by Gasteiger charge is -2.18. The Balaban J connectivity index is 1.38. The molecule has 0 spiro atoms. The first-order valence-corrected chi connectivity index (χ1v) is 12.7. The molecular formula is C21H20N4O6S2. The number of fused-ring (bicyclic) bond motifs is 1. The molecule has 3 aromatic rings. The van der Waals surface area contributed by atoms with Gasteiger partial charge in [-0.25, -0.2) is 13.1 Å². The summed E-state index contributed by atoms with van der Waals surface area (Å²) < 4.78 is 60.5. The van der Waals surface area contributed by atoms with Gasteiger partial charge in [0.25, 0.3) is 10.0 Å². The summed E-state index contributed by atoms with van der Waals surface area (Å²) in [5.74, 6) is 0.243. The fourth-order valence-electron chi connectivity index (χ4n) is 3.23. The Morgan fingerprint density at radius 3 is 2.48 bits per heavy atom. The number of carbonyl (C=O) groups excluding carboxylic acids is 1. The minimum absolute atomic E-state index is 0.0168. The van der Waals surface area contributed by atoms with Crippen molar-refractivity contribution in [2.75, 3.05) is 18.9 Å². The van der Waals surface area contributed by atoms with Gasteiger partial charge < -0.3 is 14.6 Å². The molecule has 0 aliphatic carbocycles. The van der Waals surface area contributed by atoms with Crippen LogP contribution in [0.4, 0.5) is 5.69 Å². The van der Waals surface area contributed by atoms with Gasteiger partial charge in [0.2, 0.25) is 15.9 Å². The van der Waals surface area contributed by atoms with Crippen molar-refractivity contribution in [3.05, 3.63) is 78.3 Å². The third-order valence-electron chi connectivity index (χ3n) is 4.82. The molecule has 0 fully saturated rings. The zero-order chi connectivity index (χ0) is 23.6. The topological polar surface area (TPSA) is 138 Å². The van der Waals surface area contributed by atoms with Crippen LogP contribution in [0.2, 0.25) is 0 Å². The molecule has 0 radical (unpaired) electrons. The van der Waals surface area contributed by atoms with Crippen LogP contribution in [0.5, 0.6) is 0 Å². The zero-order valence-corrected chi connectivity index (χ0v) is 19.1. The summed E-state index contributed by atoms with van der Waals surface area (Å²) in [6.07, 6.45) is 1.45. The van der Waals surface area contributed by atoms with E-state index in [2.05, 4.69) is 14.4 Å². The summed E-state index contributed by atoms with van der Waals surface area (Å²) in [6.45, 7) is -0.143. The van der Waals surface area contributed by atoms with Crippen LogP contribution in [0.3, 0.4) is 0 Å². The van der Waals surface area contributed by atoms with E-state index in [1.807, 2.05) is 0 Å². The quantitative estimate of drug-likeness (QED) is 0.517. The van der Waals surface area contributed by atoms with Crippen molar-refractivity contribution < 1.29 is 26.0 Å². The molecule has 2 aromatic carbocycles. The van der Waals surface area contributed by atoms with Crippen molar-refractivity contribution in [2.24, 2.45) is 4.40 Å². The highest BCUT2D eigenvalue weighted by molar-refractivity contribution is 7.90. The maximum atomic E-state index is 12.5. The third-order valence-corrected chi connectivity index (χ3v) is 7.56. The molecule has 4 rings (SSSR count). The standard InChI is InChI=1S/C21H20N4O6S2/c1-25(21-18-6-2-3-7-19(18)33(29,30)24-21)14-20(26)23-15-8-10-17(11-9-15)32(27,28)22-13-16-5-4-12-31-16/h2-12,22H,13-14H2,1H3,(H,23,26). The molecule has 1 aliphatic heterocycles. The summed E-state index contributed by atoms with van der Waals surface area (Å²) in [4.78, 5) is 14.0. The van der Waals surface area contributed by atoms with Gasteiger partial charge in [0.1, 0.15) is 10.7 Å². The molecule has 10 nitrogen and oxygen atoms in total. The number of hydrogen-bond donors (Lipinski definition) is 2. The average molecular weight is 489 g/mol. The van der Waals surface area contributed by atoms with Gasteiger partial charge in [0.05, 0.1) is 24.2 Å². The summed E-state index contributed by atoms with van der Waals surface area (Å²) in [7, 11) is -5.98. The van der Waals surface area contributed by atoms with Crippen LogP contribution in [0.1, 0.15) is 11.3 Å². The predicted molar refractivity (Wildman–Crippen MR) is 121 cm³/mol. The Labute approximate surface area is 191 Å². The van der Waals surface area contributed by atoms with E-state index < -0.39 is 26.0 Å². The van der Waals surface area contributed by atoms with E-state index in [0.717, 1.165) is 0 Å². The van der Waals surface area contributed by atoms with E-state index in [9.17, 15) is 21.6 Å². The number of anilines is 1. The number of sulfonamides is 2. The molecule has 0 atom stereocenters. The molecule has 1 aliphatic rings. The molecule has 0 saturated heterocycles. The van der Waals surface area contributed by atoms with Gasteiger partial charge in [0.15, 0.2) is 5.84 Å². The average Bonchev–Trinajstić information content (AvgIpc) is 3.39. The Morgan fingerprint density at radius 2 is 1.79 bits per heavy atom. The van der Waals surface area contributed by atoms with Crippen molar-refractivity contribution >= 4 is 37.5 Å². The number of benzene rings is 2. The maximum absolute atomic E-state index is 12.5. The largest absolute Gasteiger partial charge is 0.468 e. The molecule has 1 amide bonds. The number of rotatable bonds is 7. The second kappa shape index (κ2) is 8.81. The summed E-state index contributed by atoms with van der Waals surface area (Å²) >= 11 is 0. The van der Waals surface area contributed by atoms with Crippen LogP contribution in [-0.2, 0) is 31.4 Å². The van der Waals surface area contributed by atoms with Crippen LogP contribution in [0, 0.1) is 0 Å². The smallest absolute Gasteiger partial charge is 0.285 e. The summed E-state index contributed by atoms with van der Waals surface area (Å²) in [6, 6.07) is 15.4. The lowest BCUT2D eigenvalue weighted by Crippen LogP contribution is -2.34. The molecule has 2 heterocycles. The number of likely N-dealkylation sites (N-methyl/N-ethyl adjacent to an activating group) is 1. The zero-order valence-electron chi connectivity index (χ0n) is 17.4. The second-order valence-corrected chi connectivity index (χ2v) is 10.6. The lowest BCUT2D eigenvalue weighted by molar-refractivity contribution is -0.116. The van der Waals surface area contributed by atoms with Crippen LogP contribution in [0.25, 0.3) is 0 Å². The van der Waals surface area contributed by atoms with E-state index in [1.165, 1.54) is 41.5 Å². The Morgan fingerprint density at radius 1 is 1.06 bits per heavy atom. The monoisotopic (exact) mass is 488 g/mol. The number of carbonyl (C=O) groups is 1. The van der Waals surface area contributed by atoms with E-state index in [0.29, 0.717) is 17.0 Å². The molecule has 33 heavy (non-hydrogen) atoms. The molecule has 0 bridgehead atoms. The highest BCUT2D eigenvalue weighted by atomic mass is 32.2. The highest BCUT2D eigenvalue weighted by Gasteiger charge is 2.30. The Hall–Kier alpha value is -3.48. The second-order valence-electron chi connectivity index (χ2n) is 7.22. The van der Waals surface area contributed by atoms with Gasteiger partial charge in [-0.3, -0.25) is 4.79 Å². The van der Waals surface area contributed by atoms with E-state index in [4.69, 9.17) is 4.42 Å². The van der Waals surface area contributed by atoms with Crippen LogP contribution in [0.15, 0.2) is 85.5 Å². The number of amides is 1. The van der Waals surface area contributed by atoms with Gasteiger partial charge in [0, 0.05) is 18.3 Å². The molecule has 172 valence electrons. The van der Waals surface area contributed by atoms with Crippen LogP contribution in [-0.4, -0.2) is 47.1 Å². The van der Waals surface area contributed by atoms with Gasteiger partial charge in [-0.05, 0) is 48.5 Å². The highest BCUT2D eigenvalue weighted by Crippen LogP contribution is 2.26. The van der Waals surface area contributed by atoms with Gasteiger partial charge in [-0.1, -0.05) is 12.1 Å².